The second-order valence-electron chi connectivity index (χ2n) is 5.62. The van der Waals surface area contributed by atoms with Crippen molar-refractivity contribution in [3.8, 4) is 0 Å². The van der Waals surface area contributed by atoms with Crippen molar-refractivity contribution in [1.82, 2.24) is 14.7 Å². The minimum atomic E-state index is -2.87. The number of likely N-dealkylation sites (N-methyl/N-ethyl adjacent to an activating group) is 1. The van der Waals surface area contributed by atoms with E-state index in [1.807, 2.05) is 10.9 Å². The number of aromatic nitrogens is 2. The average molecular weight is 314 g/mol. The molecule has 1 aromatic heterocycles. The van der Waals surface area contributed by atoms with Crippen LogP contribution in [0.25, 0.3) is 0 Å². The molecule has 2 heterocycles. The van der Waals surface area contributed by atoms with Crippen LogP contribution in [0.4, 0.5) is 5.69 Å². The van der Waals surface area contributed by atoms with Gasteiger partial charge in [-0.1, -0.05) is 13.8 Å². The van der Waals surface area contributed by atoms with Crippen LogP contribution in [0.5, 0.6) is 0 Å². The quantitative estimate of drug-likeness (QED) is 0.819. The van der Waals surface area contributed by atoms with Crippen LogP contribution in [0.1, 0.15) is 26.7 Å². The summed E-state index contributed by atoms with van der Waals surface area (Å²) in [6, 6.07) is 0.0178. The van der Waals surface area contributed by atoms with Gasteiger partial charge in [-0.3, -0.25) is 4.68 Å². The van der Waals surface area contributed by atoms with E-state index in [2.05, 4.69) is 29.2 Å². The third kappa shape index (κ3) is 5.00. The van der Waals surface area contributed by atoms with Crippen molar-refractivity contribution in [1.29, 1.82) is 0 Å². The SMILES string of the molecule is CCN(CC)CCn1cc(NC2CCCS(=O)(=O)C2)cn1. The first kappa shape index (κ1) is 16.3. The van der Waals surface area contributed by atoms with E-state index in [1.54, 1.807) is 6.20 Å². The Morgan fingerprint density at radius 1 is 1.43 bits per heavy atom. The first-order chi connectivity index (χ1) is 10.0. The Kier molecular flexibility index (Phi) is 5.64. The lowest BCUT2D eigenvalue weighted by Crippen LogP contribution is -2.34. The molecular formula is C14H26N4O2S. The molecular weight excluding hydrogens is 288 g/mol. The van der Waals surface area contributed by atoms with Gasteiger partial charge in [-0.15, -0.1) is 0 Å². The summed E-state index contributed by atoms with van der Waals surface area (Å²) in [4.78, 5) is 2.35. The van der Waals surface area contributed by atoms with Gasteiger partial charge in [0.15, 0.2) is 9.84 Å². The molecule has 120 valence electrons. The molecule has 1 aliphatic heterocycles. The predicted octanol–water partition coefficient (Wildman–Crippen LogP) is 1.21. The van der Waals surface area contributed by atoms with E-state index >= 15 is 0 Å². The maximum atomic E-state index is 11.6. The fourth-order valence-corrected chi connectivity index (χ4v) is 4.35. The molecule has 0 aromatic carbocycles. The third-order valence-electron chi connectivity index (χ3n) is 4.01. The Balaban J connectivity index is 1.85. The van der Waals surface area contributed by atoms with Gasteiger partial charge >= 0.3 is 0 Å². The van der Waals surface area contributed by atoms with Crippen molar-refractivity contribution in [3.63, 3.8) is 0 Å². The minimum absolute atomic E-state index is 0.0178. The molecule has 1 aromatic rings. The minimum Gasteiger partial charge on any atom is -0.379 e. The number of anilines is 1. The Hall–Kier alpha value is -1.08. The standard InChI is InChI=1S/C14H26N4O2S/c1-3-17(4-2)7-8-18-11-14(10-15-18)16-13-6-5-9-21(19,20)12-13/h10-11,13,16H,3-9,12H2,1-2H3. The lowest BCUT2D eigenvalue weighted by molar-refractivity contribution is 0.285. The summed E-state index contributed by atoms with van der Waals surface area (Å²) in [5.41, 5.74) is 0.914. The van der Waals surface area contributed by atoms with E-state index in [9.17, 15) is 8.42 Å². The van der Waals surface area contributed by atoms with Gasteiger partial charge in [-0.2, -0.15) is 5.10 Å². The molecule has 0 saturated carbocycles. The van der Waals surface area contributed by atoms with Crippen molar-refractivity contribution in [2.45, 2.75) is 39.3 Å². The van der Waals surface area contributed by atoms with Gasteiger partial charge in [-0.25, -0.2) is 8.42 Å². The molecule has 1 unspecified atom stereocenters. The van der Waals surface area contributed by atoms with Crippen LogP contribution in [-0.4, -0.2) is 60.3 Å². The third-order valence-corrected chi connectivity index (χ3v) is 5.83. The van der Waals surface area contributed by atoms with E-state index in [4.69, 9.17) is 0 Å². The fraction of sp³-hybridized carbons (Fsp3) is 0.786. The van der Waals surface area contributed by atoms with E-state index in [0.717, 1.165) is 44.7 Å². The number of hydrogen-bond donors (Lipinski definition) is 1. The second kappa shape index (κ2) is 7.26. The number of hydrogen-bond acceptors (Lipinski definition) is 5. The van der Waals surface area contributed by atoms with Crippen molar-refractivity contribution < 1.29 is 8.42 Å². The second-order valence-corrected chi connectivity index (χ2v) is 7.85. The molecule has 1 fully saturated rings. The van der Waals surface area contributed by atoms with Crippen LogP contribution >= 0.6 is 0 Å². The molecule has 21 heavy (non-hydrogen) atoms. The molecule has 6 nitrogen and oxygen atoms in total. The van der Waals surface area contributed by atoms with Crippen LogP contribution < -0.4 is 5.32 Å². The van der Waals surface area contributed by atoms with Gasteiger partial charge in [0.1, 0.15) is 0 Å². The zero-order chi connectivity index (χ0) is 15.3. The zero-order valence-electron chi connectivity index (χ0n) is 13.0. The number of rotatable bonds is 7. The predicted molar refractivity (Wildman–Crippen MR) is 85.3 cm³/mol. The maximum absolute atomic E-state index is 11.6. The van der Waals surface area contributed by atoms with Crippen LogP contribution in [0, 0.1) is 0 Å². The Morgan fingerprint density at radius 2 is 2.19 bits per heavy atom. The maximum Gasteiger partial charge on any atom is 0.152 e. The molecule has 0 spiro atoms. The number of sulfone groups is 1. The highest BCUT2D eigenvalue weighted by molar-refractivity contribution is 7.91. The Labute approximate surface area is 127 Å². The smallest absolute Gasteiger partial charge is 0.152 e. The monoisotopic (exact) mass is 314 g/mol. The largest absolute Gasteiger partial charge is 0.379 e. The Morgan fingerprint density at radius 3 is 2.86 bits per heavy atom. The zero-order valence-corrected chi connectivity index (χ0v) is 13.8. The molecule has 1 N–H and O–H groups in total. The summed E-state index contributed by atoms with van der Waals surface area (Å²) >= 11 is 0. The van der Waals surface area contributed by atoms with Gasteiger partial charge < -0.3 is 10.2 Å². The van der Waals surface area contributed by atoms with E-state index in [-0.39, 0.29) is 11.8 Å². The van der Waals surface area contributed by atoms with Crippen molar-refractivity contribution in [2.24, 2.45) is 0 Å². The first-order valence-corrected chi connectivity index (χ1v) is 9.56. The lowest BCUT2D eigenvalue weighted by Gasteiger charge is -2.23. The molecule has 1 atom stereocenters. The first-order valence-electron chi connectivity index (χ1n) is 7.74. The normalized spacial score (nSPS) is 21.6. The highest BCUT2D eigenvalue weighted by atomic mass is 32.2. The molecule has 0 aliphatic carbocycles. The van der Waals surface area contributed by atoms with Gasteiger partial charge in [0.05, 0.1) is 29.9 Å². The van der Waals surface area contributed by atoms with E-state index in [1.165, 1.54) is 0 Å². The highest BCUT2D eigenvalue weighted by Gasteiger charge is 2.24. The summed E-state index contributed by atoms with van der Waals surface area (Å²) in [6.45, 7) is 8.23. The Bertz CT molecular complexity index is 537. The fourth-order valence-electron chi connectivity index (χ4n) is 2.72. The van der Waals surface area contributed by atoms with Crippen molar-refractivity contribution >= 4 is 15.5 Å². The van der Waals surface area contributed by atoms with Gasteiger partial charge in [-0.05, 0) is 25.9 Å². The topological polar surface area (TPSA) is 67.2 Å². The summed E-state index contributed by atoms with van der Waals surface area (Å²) < 4.78 is 25.2. The number of nitrogens with one attached hydrogen (secondary N) is 1. The van der Waals surface area contributed by atoms with Gasteiger partial charge in [0, 0.05) is 18.8 Å². The molecule has 7 heteroatoms. The summed E-state index contributed by atoms with van der Waals surface area (Å²) in [5.74, 6) is 0.561. The highest BCUT2D eigenvalue weighted by Crippen LogP contribution is 2.17. The van der Waals surface area contributed by atoms with Crippen LogP contribution in [0.3, 0.4) is 0 Å². The molecule has 0 amide bonds. The van der Waals surface area contributed by atoms with Crippen LogP contribution in [-0.2, 0) is 16.4 Å². The van der Waals surface area contributed by atoms with Gasteiger partial charge in [0.2, 0.25) is 0 Å². The van der Waals surface area contributed by atoms with E-state index < -0.39 is 9.84 Å². The molecule has 1 saturated heterocycles. The van der Waals surface area contributed by atoms with Gasteiger partial charge in [0.25, 0.3) is 0 Å². The molecule has 2 rings (SSSR count). The van der Waals surface area contributed by atoms with E-state index in [0.29, 0.717) is 5.75 Å². The molecule has 0 radical (unpaired) electrons. The van der Waals surface area contributed by atoms with Crippen LogP contribution in [0.2, 0.25) is 0 Å². The summed E-state index contributed by atoms with van der Waals surface area (Å²) in [7, 11) is -2.87. The lowest BCUT2D eigenvalue weighted by atomic mass is 10.2. The molecule has 0 bridgehead atoms. The molecule has 1 aliphatic rings. The summed E-state index contributed by atoms with van der Waals surface area (Å²) in [6.07, 6.45) is 5.40. The van der Waals surface area contributed by atoms with Crippen molar-refractivity contribution in [3.05, 3.63) is 12.4 Å². The average Bonchev–Trinajstić information content (AvgIpc) is 2.86. The van der Waals surface area contributed by atoms with Crippen LogP contribution in [0.15, 0.2) is 12.4 Å². The number of nitrogens with zero attached hydrogens (tertiary/aromatic N) is 3. The summed E-state index contributed by atoms with van der Waals surface area (Å²) in [5, 5.41) is 7.63. The van der Waals surface area contributed by atoms with Crippen molar-refractivity contribution in [2.75, 3.05) is 36.5 Å².